The number of para-hydroxylation sites is 2. The summed E-state index contributed by atoms with van der Waals surface area (Å²) in [6.07, 6.45) is 0. The van der Waals surface area contributed by atoms with E-state index in [-0.39, 0.29) is 5.91 Å². The van der Waals surface area contributed by atoms with Gasteiger partial charge >= 0.3 is 0 Å². The quantitative estimate of drug-likeness (QED) is 0.796. The van der Waals surface area contributed by atoms with E-state index in [9.17, 15) is 4.79 Å². The standard InChI is InChI=1S/C16H17N3O/c1-12-6-5-7-13(17-12)16(20)19-11-10-18(2)14-8-3-4-9-15(14)19/h3-9H,10-11H2,1-2H3. The van der Waals surface area contributed by atoms with E-state index in [1.807, 2.05) is 55.3 Å². The number of carbonyl (C=O) groups excluding carboxylic acids is 1. The molecule has 1 aliphatic heterocycles. The van der Waals surface area contributed by atoms with Gasteiger partial charge in [0.1, 0.15) is 5.69 Å². The fourth-order valence-corrected chi connectivity index (χ4v) is 2.52. The number of carbonyl (C=O) groups is 1. The van der Waals surface area contributed by atoms with Gasteiger partial charge in [0, 0.05) is 25.8 Å². The van der Waals surface area contributed by atoms with Crippen molar-refractivity contribution < 1.29 is 4.79 Å². The average Bonchev–Trinajstić information content (AvgIpc) is 2.47. The highest BCUT2D eigenvalue weighted by Gasteiger charge is 2.26. The Morgan fingerprint density at radius 2 is 1.80 bits per heavy atom. The molecular formula is C16H17N3O. The van der Waals surface area contributed by atoms with E-state index < -0.39 is 0 Å². The second kappa shape index (κ2) is 4.96. The minimum Gasteiger partial charge on any atom is -0.371 e. The van der Waals surface area contributed by atoms with Crippen LogP contribution in [0.15, 0.2) is 42.5 Å². The molecule has 0 N–H and O–H groups in total. The van der Waals surface area contributed by atoms with Crippen LogP contribution in [-0.2, 0) is 0 Å². The normalized spacial score (nSPS) is 14.1. The molecule has 0 unspecified atom stereocenters. The van der Waals surface area contributed by atoms with Crippen LogP contribution in [0.5, 0.6) is 0 Å². The van der Waals surface area contributed by atoms with Crippen LogP contribution in [0.25, 0.3) is 0 Å². The lowest BCUT2D eigenvalue weighted by Crippen LogP contribution is -2.43. The summed E-state index contributed by atoms with van der Waals surface area (Å²) in [6.45, 7) is 3.41. The molecule has 1 amide bonds. The molecular weight excluding hydrogens is 250 g/mol. The molecule has 0 bridgehead atoms. The summed E-state index contributed by atoms with van der Waals surface area (Å²) in [6, 6.07) is 13.5. The lowest BCUT2D eigenvalue weighted by atomic mass is 10.1. The van der Waals surface area contributed by atoms with Crippen LogP contribution in [0.2, 0.25) is 0 Å². The van der Waals surface area contributed by atoms with Gasteiger partial charge in [-0.2, -0.15) is 0 Å². The van der Waals surface area contributed by atoms with Crippen molar-refractivity contribution in [2.24, 2.45) is 0 Å². The number of hydrogen-bond acceptors (Lipinski definition) is 3. The Kier molecular flexibility index (Phi) is 3.14. The predicted molar refractivity (Wildman–Crippen MR) is 80.4 cm³/mol. The lowest BCUT2D eigenvalue weighted by Gasteiger charge is -2.35. The van der Waals surface area contributed by atoms with Gasteiger partial charge in [0.25, 0.3) is 5.91 Å². The Morgan fingerprint density at radius 1 is 1.05 bits per heavy atom. The minimum absolute atomic E-state index is 0.0331. The lowest BCUT2D eigenvalue weighted by molar-refractivity contribution is 0.0982. The maximum atomic E-state index is 12.7. The number of hydrogen-bond donors (Lipinski definition) is 0. The highest BCUT2D eigenvalue weighted by atomic mass is 16.2. The van der Waals surface area contributed by atoms with Crippen molar-refractivity contribution in [3.8, 4) is 0 Å². The fourth-order valence-electron chi connectivity index (χ4n) is 2.52. The molecule has 0 saturated carbocycles. The number of aromatic nitrogens is 1. The largest absolute Gasteiger partial charge is 0.371 e. The smallest absolute Gasteiger partial charge is 0.276 e. The maximum absolute atomic E-state index is 12.7. The average molecular weight is 267 g/mol. The number of anilines is 2. The van der Waals surface area contributed by atoms with Crippen LogP contribution in [0.3, 0.4) is 0 Å². The second-order valence-electron chi connectivity index (χ2n) is 5.03. The Hall–Kier alpha value is -2.36. The van der Waals surface area contributed by atoms with Gasteiger partial charge in [-0.05, 0) is 31.2 Å². The molecule has 20 heavy (non-hydrogen) atoms. The number of benzene rings is 1. The molecule has 2 aromatic rings. The molecule has 3 rings (SSSR count). The van der Waals surface area contributed by atoms with E-state index in [1.165, 1.54) is 0 Å². The van der Waals surface area contributed by atoms with Gasteiger partial charge < -0.3 is 9.80 Å². The predicted octanol–water partition coefficient (Wildman–Crippen LogP) is 2.49. The zero-order chi connectivity index (χ0) is 14.1. The molecule has 1 aromatic carbocycles. The topological polar surface area (TPSA) is 36.4 Å². The number of rotatable bonds is 1. The summed E-state index contributed by atoms with van der Waals surface area (Å²) in [5, 5.41) is 0. The molecule has 0 radical (unpaired) electrons. The Morgan fingerprint density at radius 3 is 2.55 bits per heavy atom. The van der Waals surface area contributed by atoms with Crippen LogP contribution in [0.4, 0.5) is 11.4 Å². The van der Waals surface area contributed by atoms with E-state index in [0.717, 1.165) is 23.6 Å². The van der Waals surface area contributed by atoms with Crippen LogP contribution in [-0.4, -0.2) is 31.0 Å². The number of amides is 1. The third kappa shape index (κ3) is 2.13. The third-order valence-corrected chi connectivity index (χ3v) is 3.60. The van der Waals surface area contributed by atoms with Crippen molar-refractivity contribution in [3.05, 3.63) is 53.9 Å². The number of pyridine rings is 1. The monoisotopic (exact) mass is 267 g/mol. The van der Waals surface area contributed by atoms with Crippen molar-refractivity contribution in [1.82, 2.24) is 4.98 Å². The number of aryl methyl sites for hydroxylation is 1. The molecule has 0 saturated heterocycles. The zero-order valence-corrected chi connectivity index (χ0v) is 11.7. The summed E-state index contributed by atoms with van der Waals surface area (Å²) in [5.41, 5.74) is 3.40. The molecule has 4 heteroatoms. The van der Waals surface area contributed by atoms with Gasteiger partial charge in [-0.25, -0.2) is 4.98 Å². The zero-order valence-electron chi connectivity index (χ0n) is 11.7. The van der Waals surface area contributed by atoms with E-state index in [1.54, 1.807) is 6.07 Å². The van der Waals surface area contributed by atoms with Gasteiger partial charge in [0.05, 0.1) is 11.4 Å². The Labute approximate surface area is 118 Å². The summed E-state index contributed by atoms with van der Waals surface area (Å²) >= 11 is 0. The summed E-state index contributed by atoms with van der Waals surface area (Å²) in [7, 11) is 2.05. The first-order valence-corrected chi connectivity index (χ1v) is 6.72. The SMILES string of the molecule is Cc1cccc(C(=O)N2CCN(C)c3ccccc32)n1. The van der Waals surface area contributed by atoms with Crippen molar-refractivity contribution >= 4 is 17.3 Å². The van der Waals surface area contributed by atoms with Crippen LogP contribution in [0.1, 0.15) is 16.2 Å². The van der Waals surface area contributed by atoms with E-state index in [0.29, 0.717) is 12.2 Å². The van der Waals surface area contributed by atoms with Crippen molar-refractivity contribution in [1.29, 1.82) is 0 Å². The van der Waals surface area contributed by atoms with Crippen molar-refractivity contribution in [2.45, 2.75) is 6.92 Å². The first-order valence-electron chi connectivity index (χ1n) is 6.72. The molecule has 1 aliphatic rings. The molecule has 0 fully saturated rings. The number of likely N-dealkylation sites (N-methyl/N-ethyl adjacent to an activating group) is 1. The third-order valence-electron chi connectivity index (χ3n) is 3.60. The molecule has 0 aliphatic carbocycles. The summed E-state index contributed by atoms with van der Waals surface area (Å²) in [5.74, 6) is -0.0331. The highest BCUT2D eigenvalue weighted by Crippen LogP contribution is 2.32. The molecule has 1 aromatic heterocycles. The highest BCUT2D eigenvalue weighted by molar-refractivity contribution is 6.07. The Bertz CT molecular complexity index is 654. The van der Waals surface area contributed by atoms with E-state index >= 15 is 0 Å². The van der Waals surface area contributed by atoms with Crippen molar-refractivity contribution in [2.75, 3.05) is 29.9 Å². The molecule has 4 nitrogen and oxygen atoms in total. The number of nitrogens with zero attached hydrogens (tertiary/aromatic N) is 3. The van der Waals surface area contributed by atoms with E-state index in [4.69, 9.17) is 0 Å². The Balaban J connectivity index is 1.99. The van der Waals surface area contributed by atoms with Crippen LogP contribution >= 0.6 is 0 Å². The summed E-state index contributed by atoms with van der Waals surface area (Å²) < 4.78 is 0. The van der Waals surface area contributed by atoms with Gasteiger partial charge in [0.2, 0.25) is 0 Å². The molecule has 0 atom stereocenters. The van der Waals surface area contributed by atoms with Gasteiger partial charge in [-0.3, -0.25) is 4.79 Å². The van der Waals surface area contributed by atoms with Crippen molar-refractivity contribution in [3.63, 3.8) is 0 Å². The fraction of sp³-hybridized carbons (Fsp3) is 0.250. The van der Waals surface area contributed by atoms with Gasteiger partial charge in [0.15, 0.2) is 0 Å². The number of fused-ring (bicyclic) bond motifs is 1. The first kappa shape index (κ1) is 12.7. The second-order valence-corrected chi connectivity index (χ2v) is 5.03. The van der Waals surface area contributed by atoms with Gasteiger partial charge in [-0.1, -0.05) is 18.2 Å². The molecule has 0 spiro atoms. The minimum atomic E-state index is -0.0331. The maximum Gasteiger partial charge on any atom is 0.276 e. The van der Waals surface area contributed by atoms with Gasteiger partial charge in [-0.15, -0.1) is 0 Å². The van der Waals surface area contributed by atoms with Crippen LogP contribution < -0.4 is 9.80 Å². The van der Waals surface area contributed by atoms with Crippen LogP contribution in [0, 0.1) is 6.92 Å². The molecule has 102 valence electrons. The molecule has 2 heterocycles. The summed E-state index contributed by atoms with van der Waals surface area (Å²) in [4.78, 5) is 21.0. The van der Waals surface area contributed by atoms with E-state index in [2.05, 4.69) is 9.88 Å². The first-order chi connectivity index (χ1) is 9.66.